The molecule has 0 saturated heterocycles. The number of hydrogen-bond donors (Lipinski definition) is 0. The van der Waals surface area contributed by atoms with Crippen LogP contribution in [0.4, 0.5) is 0 Å². The number of rotatable bonds is 6. The zero-order chi connectivity index (χ0) is 18.8. The van der Waals surface area contributed by atoms with Crippen molar-refractivity contribution in [1.29, 1.82) is 0 Å². The molecule has 0 N–H and O–H groups in total. The second-order valence-corrected chi connectivity index (χ2v) is 8.27. The fourth-order valence-electron chi connectivity index (χ4n) is 3.08. The molecule has 5 rings (SSSR count). The first-order valence-electron chi connectivity index (χ1n) is 8.84. The molecule has 1 aromatic carbocycles. The van der Waals surface area contributed by atoms with Crippen LogP contribution in [0.15, 0.2) is 69.7 Å². The van der Waals surface area contributed by atoms with Gasteiger partial charge in [-0.1, -0.05) is 53.9 Å². The van der Waals surface area contributed by atoms with Gasteiger partial charge in [0.1, 0.15) is 0 Å². The van der Waals surface area contributed by atoms with Crippen LogP contribution in [-0.4, -0.2) is 41.5 Å². The molecular weight excluding hydrogens is 392 g/mol. The molecule has 1 aliphatic heterocycles. The van der Waals surface area contributed by atoms with Crippen LogP contribution >= 0.6 is 23.5 Å². The minimum Gasteiger partial charge on any atom is -0.416 e. The van der Waals surface area contributed by atoms with Crippen molar-refractivity contribution < 1.29 is 4.42 Å². The van der Waals surface area contributed by atoms with Crippen molar-refractivity contribution in [1.82, 2.24) is 29.9 Å². The molecule has 4 aromatic rings. The number of fused-ring (bicyclic) bond motifs is 1. The molecule has 0 saturated carbocycles. The third-order valence-corrected chi connectivity index (χ3v) is 6.47. The van der Waals surface area contributed by atoms with Gasteiger partial charge in [0, 0.05) is 29.5 Å². The highest BCUT2D eigenvalue weighted by molar-refractivity contribution is 8.00. The Labute approximate surface area is 170 Å². The predicted molar refractivity (Wildman–Crippen MR) is 107 cm³/mol. The third kappa shape index (κ3) is 3.55. The lowest BCUT2D eigenvalue weighted by molar-refractivity contribution is 0.419. The lowest BCUT2D eigenvalue weighted by atomic mass is 10.2. The van der Waals surface area contributed by atoms with Crippen molar-refractivity contribution in [2.24, 2.45) is 0 Å². The van der Waals surface area contributed by atoms with Crippen LogP contribution in [0.1, 0.15) is 17.5 Å². The van der Waals surface area contributed by atoms with E-state index in [0.29, 0.717) is 17.5 Å². The van der Waals surface area contributed by atoms with E-state index in [1.165, 1.54) is 0 Å². The summed E-state index contributed by atoms with van der Waals surface area (Å²) in [6.45, 7) is 0. The van der Waals surface area contributed by atoms with E-state index in [2.05, 4.69) is 42.1 Å². The molecule has 0 radical (unpaired) electrons. The zero-order valence-electron chi connectivity index (χ0n) is 14.8. The second kappa shape index (κ2) is 7.76. The van der Waals surface area contributed by atoms with Crippen molar-refractivity contribution in [3.8, 4) is 11.4 Å². The summed E-state index contributed by atoms with van der Waals surface area (Å²) in [5.41, 5.74) is 2.18. The van der Waals surface area contributed by atoms with Crippen LogP contribution < -0.4 is 0 Å². The highest BCUT2D eigenvalue weighted by Gasteiger charge is 2.29. The molecule has 3 aromatic heterocycles. The average Bonchev–Trinajstić information content (AvgIpc) is 3.45. The van der Waals surface area contributed by atoms with E-state index in [9.17, 15) is 0 Å². The second-order valence-electron chi connectivity index (χ2n) is 6.31. The summed E-state index contributed by atoms with van der Waals surface area (Å²) in [7, 11) is 0. The first-order valence-corrected chi connectivity index (χ1v) is 10.8. The van der Waals surface area contributed by atoms with Crippen LogP contribution in [0.2, 0.25) is 0 Å². The Hall–Kier alpha value is -2.65. The number of benzene rings is 1. The van der Waals surface area contributed by atoms with Crippen LogP contribution in [0.5, 0.6) is 0 Å². The number of thioether (sulfide) groups is 2. The van der Waals surface area contributed by atoms with E-state index in [1.54, 1.807) is 35.9 Å². The largest absolute Gasteiger partial charge is 0.416 e. The fraction of sp³-hybridized carbons (Fsp3) is 0.211. The van der Waals surface area contributed by atoms with Crippen molar-refractivity contribution >= 4 is 23.5 Å². The maximum absolute atomic E-state index is 5.82. The van der Waals surface area contributed by atoms with E-state index in [4.69, 9.17) is 4.42 Å². The van der Waals surface area contributed by atoms with Gasteiger partial charge < -0.3 is 4.42 Å². The Morgan fingerprint density at radius 1 is 1.04 bits per heavy atom. The lowest BCUT2D eigenvalue weighted by Gasteiger charge is -2.12. The topological polar surface area (TPSA) is 82.5 Å². The number of aromatic nitrogens is 6. The van der Waals surface area contributed by atoms with Crippen molar-refractivity contribution in [2.45, 2.75) is 22.8 Å². The first kappa shape index (κ1) is 17.4. The summed E-state index contributed by atoms with van der Waals surface area (Å²) < 4.78 is 8.02. The Bertz CT molecular complexity index is 1070. The molecule has 0 amide bonds. The SMILES string of the molecule is c1ccc(Cc2nnc(SCC3CSc4nnc(-c5ccncc5)n43)o2)cc1. The third-order valence-electron chi connectivity index (χ3n) is 4.42. The average molecular weight is 409 g/mol. The van der Waals surface area contributed by atoms with Crippen LogP contribution in [0, 0.1) is 0 Å². The summed E-state index contributed by atoms with van der Waals surface area (Å²) in [6, 6.07) is 14.3. The van der Waals surface area contributed by atoms with Crippen LogP contribution in [0.25, 0.3) is 11.4 Å². The summed E-state index contributed by atoms with van der Waals surface area (Å²) in [4.78, 5) is 4.08. The molecule has 0 fully saturated rings. The quantitative estimate of drug-likeness (QED) is 0.446. The maximum Gasteiger partial charge on any atom is 0.276 e. The smallest absolute Gasteiger partial charge is 0.276 e. The van der Waals surface area contributed by atoms with Crippen molar-refractivity contribution in [3.05, 3.63) is 66.3 Å². The van der Waals surface area contributed by atoms with Gasteiger partial charge in [-0.15, -0.1) is 20.4 Å². The minimum atomic E-state index is 0.271. The van der Waals surface area contributed by atoms with Gasteiger partial charge in [0.15, 0.2) is 11.0 Å². The van der Waals surface area contributed by atoms with Crippen LogP contribution in [0.3, 0.4) is 0 Å². The standard InChI is InChI=1S/C19H16N6OS2/c1-2-4-13(5-3-1)10-16-21-24-19(26-16)28-12-15-11-27-18-23-22-17(25(15)18)14-6-8-20-9-7-14/h1-9,15H,10-12H2. The van der Waals surface area contributed by atoms with E-state index < -0.39 is 0 Å². The van der Waals surface area contributed by atoms with Crippen molar-refractivity contribution in [2.75, 3.05) is 11.5 Å². The highest BCUT2D eigenvalue weighted by atomic mass is 32.2. The molecule has 140 valence electrons. The normalized spacial score (nSPS) is 15.6. The van der Waals surface area contributed by atoms with E-state index >= 15 is 0 Å². The molecule has 1 atom stereocenters. The molecule has 28 heavy (non-hydrogen) atoms. The molecule has 0 aliphatic carbocycles. The molecular formula is C19H16N6OS2. The van der Waals surface area contributed by atoms with Gasteiger partial charge in [0.25, 0.3) is 5.22 Å². The molecule has 7 nitrogen and oxygen atoms in total. The Morgan fingerprint density at radius 3 is 2.75 bits per heavy atom. The van der Waals surface area contributed by atoms with Gasteiger partial charge in [-0.3, -0.25) is 9.55 Å². The molecule has 9 heteroatoms. The maximum atomic E-state index is 5.82. The predicted octanol–water partition coefficient (Wildman–Crippen LogP) is 3.75. The minimum absolute atomic E-state index is 0.271. The fourth-order valence-corrected chi connectivity index (χ4v) is 5.16. The number of pyridine rings is 1. The molecule has 0 spiro atoms. The van der Waals surface area contributed by atoms with Gasteiger partial charge in [0.2, 0.25) is 5.89 Å². The Morgan fingerprint density at radius 2 is 1.89 bits per heavy atom. The number of nitrogens with zero attached hydrogens (tertiary/aromatic N) is 6. The molecule has 0 bridgehead atoms. The lowest BCUT2D eigenvalue weighted by Crippen LogP contribution is -2.11. The molecule has 4 heterocycles. The zero-order valence-corrected chi connectivity index (χ0v) is 16.4. The monoisotopic (exact) mass is 408 g/mol. The van der Waals surface area contributed by atoms with Gasteiger partial charge in [0.05, 0.1) is 12.5 Å². The first-order chi connectivity index (χ1) is 13.9. The summed E-state index contributed by atoms with van der Waals surface area (Å²) >= 11 is 3.30. The van der Waals surface area contributed by atoms with Gasteiger partial charge >= 0.3 is 0 Å². The summed E-state index contributed by atoms with van der Waals surface area (Å²) in [6.07, 6.45) is 4.19. The van der Waals surface area contributed by atoms with E-state index in [0.717, 1.165) is 33.6 Å². The molecule has 1 unspecified atom stereocenters. The summed E-state index contributed by atoms with van der Waals surface area (Å²) in [5, 5.41) is 18.6. The highest BCUT2D eigenvalue weighted by Crippen LogP contribution is 2.38. The van der Waals surface area contributed by atoms with Gasteiger partial charge in [-0.2, -0.15) is 0 Å². The summed E-state index contributed by atoms with van der Waals surface area (Å²) in [5.74, 6) is 3.30. The van der Waals surface area contributed by atoms with Gasteiger partial charge in [-0.05, 0) is 17.7 Å². The Balaban J connectivity index is 1.28. The Kier molecular flexibility index (Phi) is 4.84. The molecule has 1 aliphatic rings. The van der Waals surface area contributed by atoms with Crippen molar-refractivity contribution in [3.63, 3.8) is 0 Å². The van der Waals surface area contributed by atoms with Crippen LogP contribution in [-0.2, 0) is 6.42 Å². The van der Waals surface area contributed by atoms with Gasteiger partial charge in [-0.25, -0.2) is 0 Å². The number of hydrogen-bond acceptors (Lipinski definition) is 8. The van der Waals surface area contributed by atoms with E-state index in [1.807, 2.05) is 30.3 Å². The van der Waals surface area contributed by atoms with E-state index in [-0.39, 0.29) is 6.04 Å².